The van der Waals surface area contributed by atoms with Crippen molar-refractivity contribution in [3.8, 4) is 0 Å². The van der Waals surface area contributed by atoms with E-state index in [1.165, 1.54) is 30.5 Å². The lowest BCUT2D eigenvalue weighted by Crippen LogP contribution is -2.16. The van der Waals surface area contributed by atoms with E-state index in [2.05, 4.69) is 20.1 Å². The average Bonchev–Trinajstić information content (AvgIpc) is 3.19. The number of fused-ring (bicyclic) bond motifs is 1. The first-order valence-electron chi connectivity index (χ1n) is 8.73. The van der Waals surface area contributed by atoms with E-state index in [4.69, 9.17) is 0 Å². The van der Waals surface area contributed by atoms with Gasteiger partial charge >= 0.3 is 0 Å². The van der Waals surface area contributed by atoms with E-state index < -0.39 is 10.0 Å². The number of amides is 1. The summed E-state index contributed by atoms with van der Waals surface area (Å²) in [6.07, 6.45) is 3.10. The molecule has 9 heteroatoms. The Balaban J connectivity index is 1.51. The van der Waals surface area contributed by atoms with Crippen molar-refractivity contribution < 1.29 is 13.2 Å². The second-order valence-electron chi connectivity index (χ2n) is 6.31. The highest BCUT2D eigenvalue weighted by molar-refractivity contribution is 7.92. The van der Waals surface area contributed by atoms with Crippen molar-refractivity contribution in [1.82, 2.24) is 14.6 Å². The number of para-hydroxylation sites is 1. The number of aromatic nitrogens is 3. The van der Waals surface area contributed by atoms with Gasteiger partial charge in [0.15, 0.2) is 5.65 Å². The summed E-state index contributed by atoms with van der Waals surface area (Å²) in [6, 6.07) is 16.3. The van der Waals surface area contributed by atoms with Gasteiger partial charge in [-0.1, -0.05) is 18.2 Å². The minimum atomic E-state index is -3.72. The number of carbonyl (C=O) groups excluding carboxylic acids is 1. The first-order chi connectivity index (χ1) is 13.9. The quantitative estimate of drug-likeness (QED) is 0.529. The Morgan fingerprint density at radius 3 is 2.41 bits per heavy atom. The number of aryl methyl sites for hydroxylation is 1. The number of hydrogen-bond acceptors (Lipinski definition) is 5. The Hall–Kier alpha value is -3.72. The summed E-state index contributed by atoms with van der Waals surface area (Å²) in [5.41, 5.74) is 2.63. The van der Waals surface area contributed by atoms with Gasteiger partial charge in [0.25, 0.3) is 15.9 Å². The lowest BCUT2D eigenvalue weighted by atomic mass is 10.2. The van der Waals surface area contributed by atoms with E-state index in [1.54, 1.807) is 54.0 Å². The third kappa shape index (κ3) is 3.81. The number of hydrogen-bond donors (Lipinski definition) is 2. The topological polar surface area (TPSA) is 105 Å². The molecule has 4 aromatic rings. The largest absolute Gasteiger partial charge is 0.322 e. The summed E-state index contributed by atoms with van der Waals surface area (Å²) < 4.78 is 29.1. The molecule has 0 bridgehead atoms. The molecule has 0 aliphatic carbocycles. The zero-order valence-corrected chi connectivity index (χ0v) is 16.2. The maximum atomic E-state index is 12.6. The van der Waals surface area contributed by atoms with E-state index in [0.717, 1.165) is 0 Å². The van der Waals surface area contributed by atoms with Crippen molar-refractivity contribution >= 4 is 33.0 Å². The second-order valence-corrected chi connectivity index (χ2v) is 7.99. The summed E-state index contributed by atoms with van der Waals surface area (Å²) >= 11 is 0. The number of rotatable bonds is 5. The Bertz CT molecular complexity index is 1280. The molecule has 0 spiro atoms. The zero-order chi connectivity index (χ0) is 20.4. The number of anilines is 2. The summed E-state index contributed by atoms with van der Waals surface area (Å²) in [5, 5.41) is 6.89. The summed E-state index contributed by atoms with van der Waals surface area (Å²) in [4.78, 5) is 16.9. The van der Waals surface area contributed by atoms with Gasteiger partial charge in [0.2, 0.25) is 0 Å². The van der Waals surface area contributed by atoms with Crippen LogP contribution in [0.5, 0.6) is 0 Å². The molecule has 29 heavy (non-hydrogen) atoms. The average molecular weight is 407 g/mol. The van der Waals surface area contributed by atoms with Crippen LogP contribution in [0.2, 0.25) is 0 Å². The predicted octanol–water partition coefficient (Wildman–Crippen LogP) is 3.09. The van der Waals surface area contributed by atoms with Crippen LogP contribution in [-0.4, -0.2) is 28.9 Å². The standard InChI is InChI=1S/C20H17N5O3S/c1-14-18(13-21-19-11-12-22-25(14)19)20(26)23-15-7-9-17(10-8-15)29(27,28)24-16-5-3-2-4-6-16/h2-13,24H,1H3,(H,23,26). The van der Waals surface area contributed by atoms with Gasteiger partial charge in [-0.15, -0.1) is 0 Å². The van der Waals surface area contributed by atoms with E-state index in [9.17, 15) is 13.2 Å². The Morgan fingerprint density at radius 2 is 1.69 bits per heavy atom. The van der Waals surface area contributed by atoms with Crippen LogP contribution in [0.15, 0.2) is 78.0 Å². The van der Waals surface area contributed by atoms with Gasteiger partial charge in [-0.2, -0.15) is 5.10 Å². The second kappa shape index (κ2) is 7.36. The molecule has 0 saturated heterocycles. The van der Waals surface area contributed by atoms with Crippen molar-refractivity contribution in [2.75, 3.05) is 10.0 Å². The highest BCUT2D eigenvalue weighted by atomic mass is 32.2. The Kier molecular flexibility index (Phi) is 4.73. The first-order valence-corrected chi connectivity index (χ1v) is 10.2. The van der Waals surface area contributed by atoms with Gasteiger partial charge in [0.1, 0.15) is 0 Å². The number of nitrogens with one attached hydrogen (secondary N) is 2. The molecular weight excluding hydrogens is 390 g/mol. The first kappa shape index (κ1) is 18.6. The van der Waals surface area contributed by atoms with E-state index in [-0.39, 0.29) is 10.8 Å². The lowest BCUT2D eigenvalue weighted by molar-refractivity contribution is 0.102. The normalized spacial score (nSPS) is 11.3. The van der Waals surface area contributed by atoms with Crippen molar-refractivity contribution in [1.29, 1.82) is 0 Å². The Morgan fingerprint density at radius 1 is 0.966 bits per heavy atom. The molecule has 0 radical (unpaired) electrons. The molecule has 2 aromatic heterocycles. The molecule has 2 heterocycles. The number of sulfonamides is 1. The van der Waals surface area contributed by atoms with Crippen molar-refractivity contribution in [3.63, 3.8) is 0 Å². The van der Waals surface area contributed by atoms with Gasteiger partial charge in [-0.25, -0.2) is 17.9 Å². The van der Waals surface area contributed by atoms with Crippen LogP contribution >= 0.6 is 0 Å². The van der Waals surface area contributed by atoms with Crippen LogP contribution < -0.4 is 10.0 Å². The molecule has 4 rings (SSSR count). The highest BCUT2D eigenvalue weighted by Gasteiger charge is 2.16. The number of benzene rings is 2. The molecular formula is C20H17N5O3S. The van der Waals surface area contributed by atoms with Crippen molar-refractivity contribution in [3.05, 3.63) is 84.3 Å². The van der Waals surface area contributed by atoms with Gasteiger partial charge in [0, 0.05) is 23.6 Å². The maximum absolute atomic E-state index is 12.6. The molecule has 146 valence electrons. The minimum absolute atomic E-state index is 0.0927. The van der Waals surface area contributed by atoms with E-state index >= 15 is 0 Å². The monoisotopic (exact) mass is 407 g/mol. The van der Waals surface area contributed by atoms with Crippen LogP contribution in [0.4, 0.5) is 11.4 Å². The van der Waals surface area contributed by atoms with Gasteiger partial charge in [-0.3, -0.25) is 9.52 Å². The minimum Gasteiger partial charge on any atom is -0.322 e. The third-order valence-electron chi connectivity index (χ3n) is 4.35. The number of carbonyl (C=O) groups is 1. The molecule has 1 amide bonds. The van der Waals surface area contributed by atoms with Crippen LogP contribution in [0.25, 0.3) is 5.65 Å². The molecule has 0 atom stereocenters. The fraction of sp³-hybridized carbons (Fsp3) is 0.0500. The molecule has 0 unspecified atom stereocenters. The molecule has 0 aliphatic rings. The van der Waals surface area contributed by atoms with Crippen LogP contribution in [-0.2, 0) is 10.0 Å². The van der Waals surface area contributed by atoms with Gasteiger partial charge in [0.05, 0.1) is 22.3 Å². The molecule has 2 N–H and O–H groups in total. The van der Waals surface area contributed by atoms with Gasteiger partial charge in [-0.05, 0) is 43.3 Å². The fourth-order valence-electron chi connectivity index (χ4n) is 2.85. The third-order valence-corrected chi connectivity index (χ3v) is 5.75. The van der Waals surface area contributed by atoms with Crippen molar-refractivity contribution in [2.45, 2.75) is 11.8 Å². The smallest absolute Gasteiger partial charge is 0.261 e. The lowest BCUT2D eigenvalue weighted by Gasteiger charge is -2.10. The van der Waals surface area contributed by atoms with Gasteiger partial charge < -0.3 is 5.32 Å². The molecule has 8 nitrogen and oxygen atoms in total. The van der Waals surface area contributed by atoms with Crippen LogP contribution in [0.1, 0.15) is 16.1 Å². The predicted molar refractivity (Wildman–Crippen MR) is 109 cm³/mol. The Labute approximate surface area is 167 Å². The summed E-state index contributed by atoms with van der Waals surface area (Å²) in [7, 11) is -3.72. The zero-order valence-electron chi connectivity index (χ0n) is 15.4. The summed E-state index contributed by atoms with van der Waals surface area (Å²) in [6.45, 7) is 1.78. The molecule has 0 aliphatic heterocycles. The van der Waals surface area contributed by atoms with Crippen LogP contribution in [0.3, 0.4) is 0 Å². The fourth-order valence-corrected chi connectivity index (χ4v) is 3.91. The van der Waals surface area contributed by atoms with Crippen molar-refractivity contribution in [2.24, 2.45) is 0 Å². The SMILES string of the molecule is Cc1c(C(=O)Nc2ccc(S(=O)(=O)Nc3ccccc3)cc2)cnc2ccnn12. The maximum Gasteiger partial charge on any atom is 0.261 e. The molecule has 0 saturated carbocycles. The molecule has 0 fully saturated rings. The highest BCUT2D eigenvalue weighted by Crippen LogP contribution is 2.19. The summed E-state index contributed by atoms with van der Waals surface area (Å²) in [5.74, 6) is -0.356. The van der Waals surface area contributed by atoms with Crippen LogP contribution in [0, 0.1) is 6.92 Å². The van der Waals surface area contributed by atoms with E-state index in [0.29, 0.717) is 28.3 Å². The van der Waals surface area contributed by atoms with E-state index in [1.807, 2.05) is 0 Å². The number of nitrogens with zero attached hydrogens (tertiary/aromatic N) is 3. The molecule has 2 aromatic carbocycles.